The number of pyridine rings is 1. The quantitative estimate of drug-likeness (QED) is 0.829. The highest BCUT2D eigenvalue weighted by molar-refractivity contribution is 5.86. The van der Waals surface area contributed by atoms with Gasteiger partial charge in [0.2, 0.25) is 0 Å². The van der Waals surface area contributed by atoms with Gasteiger partial charge < -0.3 is 10.2 Å². The maximum atomic E-state index is 10.8. The molecule has 4 nitrogen and oxygen atoms in total. The molecule has 0 atom stereocenters. The zero-order chi connectivity index (χ0) is 12.4. The van der Waals surface area contributed by atoms with Crippen molar-refractivity contribution in [2.45, 2.75) is 6.92 Å². The monoisotopic (exact) mass is 229 g/mol. The first-order chi connectivity index (χ1) is 8.08. The summed E-state index contributed by atoms with van der Waals surface area (Å²) >= 11 is 0. The number of aryl methyl sites for hydroxylation is 1. The van der Waals surface area contributed by atoms with Crippen molar-refractivity contribution in [1.29, 1.82) is 0 Å². The molecular formula is C13H11NO3. The van der Waals surface area contributed by atoms with Crippen LogP contribution in [0.15, 0.2) is 36.4 Å². The fraction of sp³-hybridized carbons (Fsp3) is 0.0769. The van der Waals surface area contributed by atoms with Gasteiger partial charge in [-0.2, -0.15) is 0 Å². The van der Waals surface area contributed by atoms with Gasteiger partial charge in [0.25, 0.3) is 0 Å². The van der Waals surface area contributed by atoms with Crippen LogP contribution in [0.5, 0.6) is 5.75 Å². The summed E-state index contributed by atoms with van der Waals surface area (Å²) in [6.07, 6.45) is 0. The summed E-state index contributed by atoms with van der Waals surface area (Å²) < 4.78 is 0. The molecule has 0 aliphatic heterocycles. The molecule has 0 aliphatic rings. The van der Waals surface area contributed by atoms with Crippen molar-refractivity contribution in [3.05, 3.63) is 47.7 Å². The molecule has 0 saturated heterocycles. The van der Waals surface area contributed by atoms with Crippen molar-refractivity contribution < 1.29 is 15.0 Å². The minimum Gasteiger partial charge on any atom is -0.508 e. The van der Waals surface area contributed by atoms with Crippen molar-refractivity contribution in [2.24, 2.45) is 0 Å². The average Bonchev–Trinajstić information content (AvgIpc) is 2.33. The third-order valence-electron chi connectivity index (χ3n) is 2.47. The molecule has 1 aromatic heterocycles. The second-order valence-corrected chi connectivity index (χ2v) is 3.71. The summed E-state index contributed by atoms with van der Waals surface area (Å²) in [5.74, 6) is -0.895. The Morgan fingerprint density at radius 2 is 2.00 bits per heavy atom. The Labute approximate surface area is 98.2 Å². The molecule has 0 bridgehead atoms. The normalized spacial score (nSPS) is 10.2. The first-order valence-corrected chi connectivity index (χ1v) is 5.08. The fourth-order valence-corrected chi connectivity index (χ4v) is 1.48. The van der Waals surface area contributed by atoms with Gasteiger partial charge in [-0.3, -0.25) is 0 Å². The lowest BCUT2D eigenvalue weighted by molar-refractivity contribution is 0.0690. The summed E-state index contributed by atoms with van der Waals surface area (Å²) in [6, 6.07) is 9.89. The van der Waals surface area contributed by atoms with Crippen LogP contribution < -0.4 is 0 Å². The number of carboxylic acids is 1. The number of phenols is 1. The second kappa shape index (κ2) is 4.25. The second-order valence-electron chi connectivity index (χ2n) is 3.71. The van der Waals surface area contributed by atoms with E-state index in [1.807, 2.05) is 0 Å². The Bertz CT molecular complexity index is 579. The van der Waals surface area contributed by atoms with E-state index in [0.717, 1.165) is 5.56 Å². The van der Waals surface area contributed by atoms with Crippen LogP contribution in [0.3, 0.4) is 0 Å². The number of nitrogens with zero attached hydrogens (tertiary/aromatic N) is 1. The zero-order valence-electron chi connectivity index (χ0n) is 9.21. The van der Waals surface area contributed by atoms with Gasteiger partial charge in [-0.05, 0) is 30.7 Å². The van der Waals surface area contributed by atoms with Crippen molar-refractivity contribution in [2.75, 3.05) is 0 Å². The van der Waals surface area contributed by atoms with Crippen LogP contribution in [0, 0.1) is 6.92 Å². The zero-order valence-corrected chi connectivity index (χ0v) is 9.21. The highest BCUT2D eigenvalue weighted by atomic mass is 16.4. The lowest BCUT2D eigenvalue weighted by Gasteiger charge is -2.04. The highest BCUT2D eigenvalue weighted by Gasteiger charge is 2.07. The third kappa shape index (κ3) is 2.25. The summed E-state index contributed by atoms with van der Waals surface area (Å²) in [7, 11) is 0. The van der Waals surface area contributed by atoms with Gasteiger partial charge >= 0.3 is 5.97 Å². The Balaban J connectivity index is 2.49. The predicted molar refractivity (Wildman–Crippen MR) is 63.0 cm³/mol. The van der Waals surface area contributed by atoms with Gasteiger partial charge in [-0.1, -0.05) is 18.2 Å². The Hall–Kier alpha value is -2.36. The van der Waals surface area contributed by atoms with Crippen LogP contribution in [0.4, 0.5) is 0 Å². The number of aromatic carboxylic acids is 1. The van der Waals surface area contributed by atoms with Crippen LogP contribution in [0.25, 0.3) is 11.3 Å². The van der Waals surface area contributed by atoms with Crippen molar-refractivity contribution >= 4 is 5.97 Å². The average molecular weight is 229 g/mol. The Morgan fingerprint density at radius 1 is 1.24 bits per heavy atom. The van der Waals surface area contributed by atoms with Gasteiger partial charge in [0.05, 0.1) is 5.69 Å². The molecular weight excluding hydrogens is 218 g/mol. The Kier molecular flexibility index (Phi) is 2.78. The number of aromatic nitrogens is 1. The number of carbonyl (C=O) groups is 1. The summed E-state index contributed by atoms with van der Waals surface area (Å²) in [5.41, 5.74) is 1.97. The van der Waals surface area contributed by atoms with Gasteiger partial charge in [-0.25, -0.2) is 9.78 Å². The standard InChI is InChI=1S/C13H11NO3/c1-8-5-6-9(7-12(8)15)10-3-2-4-11(14-10)13(16)17/h2-7,15H,1H3,(H,16,17). The number of aromatic hydroxyl groups is 1. The molecule has 17 heavy (non-hydrogen) atoms. The van der Waals surface area contributed by atoms with Gasteiger partial charge in [0, 0.05) is 5.56 Å². The van der Waals surface area contributed by atoms with E-state index >= 15 is 0 Å². The Morgan fingerprint density at radius 3 is 2.65 bits per heavy atom. The van der Waals surface area contributed by atoms with E-state index in [-0.39, 0.29) is 11.4 Å². The van der Waals surface area contributed by atoms with E-state index in [1.54, 1.807) is 37.3 Å². The smallest absolute Gasteiger partial charge is 0.354 e. The largest absolute Gasteiger partial charge is 0.508 e. The van der Waals surface area contributed by atoms with Gasteiger partial charge in [-0.15, -0.1) is 0 Å². The molecule has 86 valence electrons. The minimum atomic E-state index is -1.07. The maximum absolute atomic E-state index is 10.8. The lowest BCUT2D eigenvalue weighted by atomic mass is 10.1. The van der Waals surface area contributed by atoms with Gasteiger partial charge in [0.1, 0.15) is 11.4 Å². The molecule has 1 aromatic carbocycles. The number of rotatable bonds is 2. The molecule has 4 heteroatoms. The number of benzene rings is 1. The van der Waals surface area contributed by atoms with Gasteiger partial charge in [0.15, 0.2) is 0 Å². The van der Waals surface area contributed by atoms with E-state index in [4.69, 9.17) is 5.11 Å². The van der Waals surface area contributed by atoms with Crippen LogP contribution >= 0.6 is 0 Å². The first-order valence-electron chi connectivity index (χ1n) is 5.08. The molecule has 2 aromatic rings. The van der Waals surface area contributed by atoms with Crippen molar-refractivity contribution in [3.8, 4) is 17.0 Å². The molecule has 2 N–H and O–H groups in total. The molecule has 0 spiro atoms. The van der Waals surface area contributed by atoms with E-state index in [9.17, 15) is 9.90 Å². The molecule has 0 unspecified atom stereocenters. The molecule has 0 fully saturated rings. The molecule has 0 radical (unpaired) electrons. The number of carboxylic acid groups (broad SMARTS) is 1. The molecule has 0 amide bonds. The maximum Gasteiger partial charge on any atom is 0.354 e. The number of phenolic OH excluding ortho intramolecular Hbond substituents is 1. The summed E-state index contributed by atoms with van der Waals surface area (Å²) in [4.78, 5) is 14.8. The fourth-order valence-electron chi connectivity index (χ4n) is 1.48. The molecule has 0 saturated carbocycles. The predicted octanol–water partition coefficient (Wildman–Crippen LogP) is 2.46. The molecule has 0 aliphatic carbocycles. The lowest BCUT2D eigenvalue weighted by Crippen LogP contribution is -2.00. The van der Waals surface area contributed by atoms with E-state index in [1.165, 1.54) is 6.07 Å². The first kappa shape index (κ1) is 11.1. The van der Waals surface area contributed by atoms with E-state index in [0.29, 0.717) is 11.3 Å². The molecule has 1 heterocycles. The minimum absolute atomic E-state index is 0.0115. The van der Waals surface area contributed by atoms with Crippen LogP contribution in [-0.2, 0) is 0 Å². The number of hydrogen-bond acceptors (Lipinski definition) is 3. The van der Waals surface area contributed by atoms with Crippen molar-refractivity contribution in [3.63, 3.8) is 0 Å². The van der Waals surface area contributed by atoms with Crippen LogP contribution in [0.2, 0.25) is 0 Å². The highest BCUT2D eigenvalue weighted by Crippen LogP contribution is 2.24. The van der Waals surface area contributed by atoms with Crippen LogP contribution in [-0.4, -0.2) is 21.2 Å². The van der Waals surface area contributed by atoms with Crippen LogP contribution in [0.1, 0.15) is 16.1 Å². The SMILES string of the molecule is Cc1ccc(-c2cccc(C(=O)O)n2)cc1O. The third-order valence-corrected chi connectivity index (χ3v) is 2.47. The number of hydrogen-bond donors (Lipinski definition) is 2. The summed E-state index contributed by atoms with van der Waals surface area (Å²) in [6.45, 7) is 1.79. The topological polar surface area (TPSA) is 70.4 Å². The van der Waals surface area contributed by atoms with E-state index in [2.05, 4.69) is 4.98 Å². The van der Waals surface area contributed by atoms with E-state index < -0.39 is 5.97 Å². The molecule has 2 rings (SSSR count). The van der Waals surface area contributed by atoms with Crippen molar-refractivity contribution in [1.82, 2.24) is 4.98 Å². The summed E-state index contributed by atoms with van der Waals surface area (Å²) in [5, 5.41) is 18.4.